The molecule has 0 bridgehead atoms. The molecule has 2 atom stereocenters. The molecule has 0 saturated carbocycles. The number of carbonyl (C=O) groups is 3. The second-order valence-electron chi connectivity index (χ2n) is 11.0. The number of nitrogens with one attached hydrogen (secondary N) is 2. The summed E-state index contributed by atoms with van der Waals surface area (Å²) in [7, 11) is 5.68. The van der Waals surface area contributed by atoms with Crippen LogP contribution >= 0.6 is 34.7 Å². The van der Waals surface area contributed by atoms with Gasteiger partial charge >= 0.3 is 0 Å². The van der Waals surface area contributed by atoms with Gasteiger partial charge in [0, 0.05) is 44.6 Å². The number of halogens is 1. The van der Waals surface area contributed by atoms with Gasteiger partial charge in [-0.3, -0.25) is 19.3 Å². The van der Waals surface area contributed by atoms with Crippen LogP contribution in [0.3, 0.4) is 0 Å². The number of aromatic nitrogens is 4. The third-order valence-electron chi connectivity index (χ3n) is 6.98. The Bertz CT molecular complexity index is 1750. The number of pyridine rings is 1. The first kappa shape index (κ1) is 33.3. The highest BCUT2D eigenvalue weighted by atomic mass is 35.5. The van der Waals surface area contributed by atoms with Crippen LogP contribution < -0.4 is 20.9 Å². The molecule has 0 aromatic carbocycles. The number of imidazole rings is 1. The van der Waals surface area contributed by atoms with Crippen molar-refractivity contribution >= 4 is 87.0 Å². The van der Waals surface area contributed by atoms with Crippen molar-refractivity contribution in [3.05, 3.63) is 39.8 Å². The summed E-state index contributed by atoms with van der Waals surface area (Å²) in [6, 6.07) is 1.08. The van der Waals surface area contributed by atoms with Crippen molar-refractivity contribution in [3.8, 4) is 0 Å². The van der Waals surface area contributed by atoms with E-state index in [1.165, 1.54) is 16.7 Å². The Hall–Kier alpha value is -4.06. The lowest BCUT2D eigenvalue weighted by Crippen LogP contribution is -2.70. The molecule has 0 aliphatic carbocycles. The summed E-state index contributed by atoms with van der Waals surface area (Å²) >= 11 is 8.70. The molecule has 1 saturated heterocycles. The quantitative estimate of drug-likeness (QED) is 0.0590. The number of fused-ring (bicyclic) bond motifs is 2. The fourth-order valence-corrected chi connectivity index (χ4v) is 7.16. The molecule has 2 unspecified atom stereocenters. The molecular weight excluding hydrogens is 654 g/mol. The van der Waals surface area contributed by atoms with Gasteiger partial charge in [-0.1, -0.05) is 28.1 Å². The van der Waals surface area contributed by atoms with E-state index in [9.17, 15) is 14.4 Å². The molecule has 3 aromatic heterocycles. The number of amides is 2. The Kier molecular flexibility index (Phi) is 10.2. The van der Waals surface area contributed by atoms with Crippen LogP contribution in [0.1, 0.15) is 19.5 Å². The minimum Gasteiger partial charge on any atom is -0.392 e. The van der Waals surface area contributed by atoms with E-state index >= 15 is 0 Å². The summed E-state index contributed by atoms with van der Waals surface area (Å²) in [6.45, 7) is 5.31. The van der Waals surface area contributed by atoms with Crippen molar-refractivity contribution < 1.29 is 23.8 Å². The predicted octanol–water partition coefficient (Wildman–Crippen LogP) is 1.14. The van der Waals surface area contributed by atoms with Crippen molar-refractivity contribution in [2.45, 2.75) is 44.5 Å². The Morgan fingerprint density at radius 1 is 1.37 bits per heavy atom. The molecule has 2 amide bonds. The van der Waals surface area contributed by atoms with Crippen molar-refractivity contribution in [2.75, 3.05) is 39.2 Å². The van der Waals surface area contributed by atoms with E-state index in [1.54, 1.807) is 20.2 Å². The number of hydrogen-bond acceptors (Lipinski definition) is 12. The van der Waals surface area contributed by atoms with Gasteiger partial charge in [-0.05, 0) is 20.9 Å². The van der Waals surface area contributed by atoms with Crippen LogP contribution in [-0.2, 0) is 32.3 Å². The minimum absolute atomic E-state index is 0.0653. The Morgan fingerprint density at radius 3 is 2.80 bits per heavy atom. The summed E-state index contributed by atoms with van der Waals surface area (Å²) in [6.07, 6.45) is 5.90. The van der Waals surface area contributed by atoms with Crippen molar-refractivity contribution in [2.24, 2.45) is 10.1 Å². The van der Waals surface area contributed by atoms with Gasteiger partial charge in [-0.15, -0.1) is 11.8 Å². The van der Waals surface area contributed by atoms with Gasteiger partial charge in [0.15, 0.2) is 41.6 Å². The van der Waals surface area contributed by atoms with Crippen molar-refractivity contribution in [1.29, 1.82) is 0 Å². The van der Waals surface area contributed by atoms with Gasteiger partial charge in [-0.25, -0.2) is 15.0 Å². The van der Waals surface area contributed by atoms with E-state index in [2.05, 4.69) is 25.8 Å². The highest BCUT2D eigenvalue weighted by Gasteiger charge is 2.53. The maximum absolute atomic E-state index is 13.3. The molecule has 5 rings (SSSR count). The first-order valence-corrected chi connectivity index (χ1v) is 16.6. The number of thioether (sulfide) groups is 1. The Balaban J connectivity index is 1.35. The zero-order valence-corrected chi connectivity index (χ0v) is 28.3. The van der Waals surface area contributed by atoms with Crippen LogP contribution in [0.2, 0.25) is 4.34 Å². The van der Waals surface area contributed by atoms with E-state index in [-0.39, 0.29) is 32.7 Å². The minimum atomic E-state index is -0.889. The maximum Gasteiger partial charge on any atom is 0.276 e. The number of β-lactam (4-membered cyclic amide) rings is 1. The lowest BCUT2D eigenvalue weighted by atomic mass is 10.0. The van der Waals surface area contributed by atoms with Crippen molar-refractivity contribution in [3.63, 3.8) is 0 Å². The number of aldehydes is 1. The number of hydrogen-bond donors (Lipinski definition) is 3. The van der Waals surface area contributed by atoms with Gasteiger partial charge in [0.2, 0.25) is 5.95 Å². The van der Waals surface area contributed by atoms with Crippen LogP contribution in [0.15, 0.2) is 39.9 Å². The van der Waals surface area contributed by atoms with E-state index < -0.39 is 23.2 Å². The number of rotatable bonds is 13. The largest absolute Gasteiger partial charge is 0.392 e. The van der Waals surface area contributed by atoms with Gasteiger partial charge in [0.25, 0.3) is 11.8 Å². The van der Waals surface area contributed by atoms with Gasteiger partial charge in [0.1, 0.15) is 27.5 Å². The summed E-state index contributed by atoms with van der Waals surface area (Å²) in [5, 5.41) is 9.51. The van der Waals surface area contributed by atoms with Crippen molar-refractivity contribution in [1.82, 2.24) is 35.0 Å². The first-order chi connectivity index (χ1) is 22.0. The predicted molar refractivity (Wildman–Crippen MR) is 178 cm³/mol. The van der Waals surface area contributed by atoms with Crippen LogP contribution in [0, 0.1) is 0 Å². The van der Waals surface area contributed by atoms with Crippen LogP contribution in [0.4, 0.5) is 11.1 Å². The average molecular weight is 689 g/mol. The summed E-state index contributed by atoms with van der Waals surface area (Å²) in [4.78, 5) is 60.9. The number of aliphatic imine (C=N–C) groups is 1. The first-order valence-electron chi connectivity index (χ1n) is 14.4. The number of nitrogens with zero attached hydrogens (tertiary/aromatic N) is 8. The highest BCUT2D eigenvalue weighted by molar-refractivity contribution is 8.00. The molecule has 0 radical (unpaired) electrons. The molecule has 5 heterocycles. The zero-order chi connectivity index (χ0) is 33.1. The van der Waals surface area contributed by atoms with Crippen LogP contribution in [-0.4, -0.2) is 105 Å². The number of nitrogen functional groups attached to an aromatic ring is 1. The van der Waals surface area contributed by atoms with Crippen LogP contribution in [0.5, 0.6) is 0 Å². The van der Waals surface area contributed by atoms with E-state index in [1.807, 2.05) is 53.6 Å². The molecule has 3 aromatic rings. The number of oxime groups is 1. The second-order valence-corrected chi connectivity index (χ2v) is 13.7. The molecule has 15 nitrogen and oxygen atoms in total. The molecular formula is C28H35ClN11O4S2+. The molecule has 0 spiro atoms. The van der Waals surface area contributed by atoms with Crippen LogP contribution in [0.25, 0.3) is 11.0 Å². The monoisotopic (exact) mass is 688 g/mol. The molecule has 244 valence electrons. The van der Waals surface area contributed by atoms with Gasteiger partial charge in [0.05, 0.1) is 17.6 Å². The average Bonchev–Trinajstić information content (AvgIpc) is 3.54. The maximum atomic E-state index is 13.3. The molecule has 18 heteroatoms. The highest BCUT2D eigenvalue weighted by Crippen LogP contribution is 2.40. The van der Waals surface area contributed by atoms with E-state index in [4.69, 9.17) is 27.2 Å². The molecule has 2 aliphatic rings. The number of allylic oxidation sites excluding steroid dienone is 1. The number of anilines is 1. The Morgan fingerprint density at radius 2 is 2.15 bits per heavy atom. The number of carbonyl (C=O) groups excluding carboxylic acids is 3. The second kappa shape index (κ2) is 14.1. The third-order valence-corrected chi connectivity index (χ3v) is 9.40. The number of thiazole rings is 1. The fraction of sp³-hybridized carbons (Fsp3) is 0.429. The molecule has 2 aliphatic heterocycles. The van der Waals surface area contributed by atoms with E-state index in [0.717, 1.165) is 34.5 Å². The summed E-state index contributed by atoms with van der Waals surface area (Å²) < 4.78 is 4.14. The molecule has 4 N–H and O–H groups in total. The number of likely N-dealkylation sites (N-methyl/N-ethyl adjacent to an activating group) is 1. The standard InChI is InChI=1S/C28H34ClN11O4S2/c1-15(2)44-36-21(20-23(29)46-27(30)35-20)24(42)34-22-25(43)40-19(12-41)16(13-45-26(22)40)10-38-8-6-18-17(11-38)33-28(32-14-37(4)5)39(18)9-7-31-3/h6,8,11-12,14-15,22,26,31H,7,9-10,13H2,1-5H3,(H2-,30,34,35,42)/p+1/b32-14?,36-21-. The molecule has 1 fully saturated rings. The van der Waals surface area contributed by atoms with Gasteiger partial charge in [-0.2, -0.15) is 4.57 Å². The van der Waals surface area contributed by atoms with E-state index in [0.29, 0.717) is 31.1 Å². The fourth-order valence-electron chi connectivity index (χ4n) is 4.88. The number of nitrogens with two attached hydrogens (primary N) is 1. The Labute approximate surface area is 278 Å². The normalized spacial score (nSPS) is 18.4. The smallest absolute Gasteiger partial charge is 0.276 e. The molecule has 46 heavy (non-hydrogen) atoms. The summed E-state index contributed by atoms with van der Waals surface area (Å²) in [5.74, 6) is -0.0448. The van der Waals surface area contributed by atoms with Gasteiger partial charge < -0.3 is 30.7 Å². The lowest BCUT2D eigenvalue weighted by Gasteiger charge is -2.49. The lowest BCUT2D eigenvalue weighted by molar-refractivity contribution is -0.687. The third kappa shape index (κ3) is 6.86. The SMILES string of the molecule is CNCCn1c(N=CN(C)C)nc2c[n+](CC3=C(C=O)N4C(=O)C(NC(=O)/C(=N\OC(C)C)c5nc(N)sc5Cl)C4SC3)ccc21. The summed E-state index contributed by atoms with van der Waals surface area (Å²) in [5.41, 5.74) is 8.39. The zero-order valence-electron chi connectivity index (χ0n) is 25.9. The topological polar surface area (TPSA) is 176 Å².